The summed E-state index contributed by atoms with van der Waals surface area (Å²) < 4.78 is 10.9. The molecule has 102 valence electrons. The average Bonchev–Trinajstić information content (AvgIpc) is 2.34. The number of benzene rings is 1. The molecule has 1 rings (SSSR count). The SMILES string of the molecule is Cc1ccc(NCCOCCOCC(C)C)cc1. The maximum atomic E-state index is 5.47. The molecule has 3 heteroatoms. The van der Waals surface area contributed by atoms with E-state index in [1.54, 1.807) is 0 Å². The first kappa shape index (κ1) is 15.0. The summed E-state index contributed by atoms with van der Waals surface area (Å²) in [4.78, 5) is 0. The van der Waals surface area contributed by atoms with E-state index < -0.39 is 0 Å². The fourth-order valence-electron chi connectivity index (χ4n) is 1.48. The molecular formula is C15H25NO2. The van der Waals surface area contributed by atoms with E-state index in [2.05, 4.69) is 50.4 Å². The molecule has 1 N–H and O–H groups in total. The van der Waals surface area contributed by atoms with E-state index >= 15 is 0 Å². The highest BCUT2D eigenvalue weighted by atomic mass is 16.5. The number of hydrogen-bond acceptors (Lipinski definition) is 3. The monoisotopic (exact) mass is 251 g/mol. The van der Waals surface area contributed by atoms with E-state index in [-0.39, 0.29) is 0 Å². The molecule has 0 saturated carbocycles. The van der Waals surface area contributed by atoms with Crippen molar-refractivity contribution >= 4 is 5.69 Å². The van der Waals surface area contributed by atoms with Crippen molar-refractivity contribution in [2.75, 3.05) is 38.3 Å². The maximum Gasteiger partial charge on any atom is 0.0701 e. The van der Waals surface area contributed by atoms with Crippen molar-refractivity contribution < 1.29 is 9.47 Å². The van der Waals surface area contributed by atoms with Crippen LogP contribution in [0.5, 0.6) is 0 Å². The number of nitrogens with one attached hydrogen (secondary N) is 1. The summed E-state index contributed by atoms with van der Waals surface area (Å²) >= 11 is 0. The minimum Gasteiger partial charge on any atom is -0.383 e. The molecule has 0 unspecified atom stereocenters. The number of hydrogen-bond donors (Lipinski definition) is 1. The Hall–Kier alpha value is -1.06. The third kappa shape index (κ3) is 7.30. The van der Waals surface area contributed by atoms with Crippen LogP contribution in [0.4, 0.5) is 5.69 Å². The van der Waals surface area contributed by atoms with Crippen molar-refractivity contribution in [3.05, 3.63) is 29.8 Å². The first-order chi connectivity index (χ1) is 8.68. The van der Waals surface area contributed by atoms with Crippen LogP contribution in [-0.4, -0.2) is 33.0 Å². The van der Waals surface area contributed by atoms with E-state index in [9.17, 15) is 0 Å². The molecule has 1 aromatic carbocycles. The quantitative estimate of drug-likeness (QED) is 0.684. The summed E-state index contributed by atoms with van der Waals surface area (Å²) in [6.07, 6.45) is 0. The maximum absolute atomic E-state index is 5.47. The third-order valence-corrected chi connectivity index (χ3v) is 2.45. The Morgan fingerprint density at radius 2 is 1.67 bits per heavy atom. The Labute approximate surface area is 110 Å². The highest BCUT2D eigenvalue weighted by Crippen LogP contribution is 2.07. The van der Waals surface area contributed by atoms with Crippen LogP contribution in [0.2, 0.25) is 0 Å². The standard InChI is InChI=1S/C15H25NO2/c1-13(2)12-18-11-10-17-9-8-16-15-6-4-14(3)5-7-15/h4-7,13,16H,8-12H2,1-3H3. The molecule has 0 amide bonds. The van der Waals surface area contributed by atoms with Crippen LogP contribution < -0.4 is 5.32 Å². The van der Waals surface area contributed by atoms with Gasteiger partial charge in [-0.15, -0.1) is 0 Å². The predicted octanol–water partition coefficient (Wildman–Crippen LogP) is 3.10. The van der Waals surface area contributed by atoms with Crippen molar-refractivity contribution in [1.82, 2.24) is 0 Å². The molecule has 0 aliphatic heterocycles. The number of rotatable bonds is 9. The van der Waals surface area contributed by atoms with Gasteiger partial charge in [-0.1, -0.05) is 31.5 Å². The van der Waals surface area contributed by atoms with Crippen LogP contribution in [0.25, 0.3) is 0 Å². The molecule has 3 nitrogen and oxygen atoms in total. The van der Waals surface area contributed by atoms with Crippen LogP contribution in [0, 0.1) is 12.8 Å². The normalized spacial score (nSPS) is 10.9. The molecule has 0 bridgehead atoms. The lowest BCUT2D eigenvalue weighted by molar-refractivity contribution is 0.0411. The fraction of sp³-hybridized carbons (Fsp3) is 0.600. The summed E-state index contributed by atoms with van der Waals surface area (Å²) in [7, 11) is 0. The molecule has 1 aromatic rings. The van der Waals surface area contributed by atoms with Gasteiger partial charge in [-0.2, -0.15) is 0 Å². The molecule has 0 aliphatic carbocycles. The van der Waals surface area contributed by atoms with Crippen LogP contribution in [-0.2, 0) is 9.47 Å². The van der Waals surface area contributed by atoms with Gasteiger partial charge in [0, 0.05) is 18.8 Å². The molecule has 0 fully saturated rings. The zero-order valence-electron chi connectivity index (χ0n) is 11.7. The van der Waals surface area contributed by atoms with Gasteiger partial charge < -0.3 is 14.8 Å². The predicted molar refractivity (Wildman–Crippen MR) is 76.1 cm³/mol. The molecule has 0 spiro atoms. The lowest BCUT2D eigenvalue weighted by Gasteiger charge is -2.09. The molecule has 0 aliphatic rings. The largest absolute Gasteiger partial charge is 0.383 e. The van der Waals surface area contributed by atoms with E-state index in [1.165, 1.54) is 5.56 Å². The van der Waals surface area contributed by atoms with Gasteiger partial charge in [0.05, 0.1) is 19.8 Å². The lowest BCUT2D eigenvalue weighted by atomic mass is 10.2. The topological polar surface area (TPSA) is 30.5 Å². The van der Waals surface area contributed by atoms with Gasteiger partial charge in [0.1, 0.15) is 0 Å². The Balaban J connectivity index is 1.94. The molecular weight excluding hydrogens is 226 g/mol. The van der Waals surface area contributed by atoms with Crippen LogP contribution in [0.3, 0.4) is 0 Å². The molecule has 0 aromatic heterocycles. The van der Waals surface area contributed by atoms with E-state index in [0.717, 1.165) is 18.8 Å². The van der Waals surface area contributed by atoms with Crippen molar-refractivity contribution in [3.63, 3.8) is 0 Å². The zero-order chi connectivity index (χ0) is 13.2. The summed E-state index contributed by atoms with van der Waals surface area (Å²) in [5, 5.41) is 3.32. The van der Waals surface area contributed by atoms with Crippen molar-refractivity contribution in [2.24, 2.45) is 5.92 Å². The van der Waals surface area contributed by atoms with Crippen LogP contribution in [0.1, 0.15) is 19.4 Å². The number of ether oxygens (including phenoxy) is 2. The second-order valence-electron chi connectivity index (χ2n) is 4.87. The van der Waals surface area contributed by atoms with Crippen LogP contribution >= 0.6 is 0 Å². The average molecular weight is 251 g/mol. The van der Waals surface area contributed by atoms with Crippen molar-refractivity contribution in [2.45, 2.75) is 20.8 Å². The molecule has 18 heavy (non-hydrogen) atoms. The highest BCUT2D eigenvalue weighted by Gasteiger charge is 1.94. The van der Waals surface area contributed by atoms with Gasteiger partial charge in [-0.05, 0) is 25.0 Å². The van der Waals surface area contributed by atoms with E-state index in [1.807, 2.05) is 0 Å². The van der Waals surface area contributed by atoms with E-state index in [0.29, 0.717) is 25.7 Å². The van der Waals surface area contributed by atoms with Crippen molar-refractivity contribution in [1.29, 1.82) is 0 Å². The Kier molecular flexibility index (Phi) is 7.46. The molecule has 0 heterocycles. The number of anilines is 1. The second-order valence-corrected chi connectivity index (χ2v) is 4.87. The van der Waals surface area contributed by atoms with E-state index in [4.69, 9.17) is 9.47 Å². The minimum absolute atomic E-state index is 0.591. The van der Waals surface area contributed by atoms with Gasteiger partial charge in [-0.25, -0.2) is 0 Å². The van der Waals surface area contributed by atoms with Gasteiger partial charge in [0.2, 0.25) is 0 Å². The summed E-state index contributed by atoms with van der Waals surface area (Å²) in [6, 6.07) is 8.37. The molecule has 0 radical (unpaired) electrons. The first-order valence-corrected chi connectivity index (χ1v) is 6.64. The van der Waals surface area contributed by atoms with Gasteiger partial charge in [0.15, 0.2) is 0 Å². The Morgan fingerprint density at radius 3 is 2.33 bits per heavy atom. The molecule has 0 saturated heterocycles. The first-order valence-electron chi connectivity index (χ1n) is 6.64. The lowest BCUT2D eigenvalue weighted by Crippen LogP contribution is -2.13. The van der Waals surface area contributed by atoms with Crippen LogP contribution in [0.15, 0.2) is 24.3 Å². The van der Waals surface area contributed by atoms with Gasteiger partial charge in [0.25, 0.3) is 0 Å². The fourth-order valence-corrected chi connectivity index (χ4v) is 1.48. The minimum atomic E-state index is 0.591. The number of aryl methyl sites for hydroxylation is 1. The highest BCUT2D eigenvalue weighted by molar-refractivity contribution is 5.44. The summed E-state index contributed by atoms with van der Waals surface area (Å²) in [5.74, 6) is 0.591. The third-order valence-electron chi connectivity index (χ3n) is 2.45. The Morgan fingerprint density at radius 1 is 1.00 bits per heavy atom. The smallest absolute Gasteiger partial charge is 0.0701 e. The Bertz CT molecular complexity index is 309. The van der Waals surface area contributed by atoms with Gasteiger partial charge >= 0.3 is 0 Å². The summed E-state index contributed by atoms with van der Waals surface area (Å²) in [6.45, 7) is 10.1. The zero-order valence-corrected chi connectivity index (χ0v) is 11.7. The summed E-state index contributed by atoms with van der Waals surface area (Å²) in [5.41, 5.74) is 2.42. The van der Waals surface area contributed by atoms with Gasteiger partial charge in [-0.3, -0.25) is 0 Å². The van der Waals surface area contributed by atoms with Crippen molar-refractivity contribution in [3.8, 4) is 0 Å². The molecule has 0 atom stereocenters. The second kappa shape index (κ2) is 8.95.